The molecule has 0 spiro atoms. The minimum atomic E-state index is -0.330. The van der Waals surface area contributed by atoms with Gasteiger partial charge in [0, 0.05) is 5.92 Å². The monoisotopic (exact) mass is 221 g/mol. The Balaban J connectivity index is 1.81. The van der Waals surface area contributed by atoms with Gasteiger partial charge in [0.25, 0.3) is 0 Å². The molecule has 0 unspecified atom stereocenters. The van der Waals surface area contributed by atoms with Crippen molar-refractivity contribution in [3.05, 3.63) is 11.7 Å². The SMILES string of the molecule is NC1(c2nc(C3CCCC3)no2)CCCC1. The fourth-order valence-corrected chi connectivity index (χ4v) is 3.01. The van der Waals surface area contributed by atoms with Crippen LogP contribution in [0.3, 0.4) is 0 Å². The molecule has 3 rings (SSSR count). The van der Waals surface area contributed by atoms with Gasteiger partial charge in [-0.3, -0.25) is 0 Å². The number of nitrogens with two attached hydrogens (primary N) is 1. The quantitative estimate of drug-likeness (QED) is 0.833. The van der Waals surface area contributed by atoms with Crippen LogP contribution in [-0.2, 0) is 5.54 Å². The highest BCUT2D eigenvalue weighted by atomic mass is 16.5. The molecule has 4 nitrogen and oxygen atoms in total. The van der Waals surface area contributed by atoms with E-state index in [4.69, 9.17) is 10.3 Å². The zero-order valence-corrected chi connectivity index (χ0v) is 9.61. The lowest BCUT2D eigenvalue weighted by atomic mass is 9.99. The van der Waals surface area contributed by atoms with Crippen molar-refractivity contribution in [3.8, 4) is 0 Å². The molecule has 1 aromatic heterocycles. The molecule has 4 heteroatoms. The molecular formula is C12H19N3O. The molecule has 2 N–H and O–H groups in total. The second-order valence-corrected chi connectivity index (χ2v) is 5.30. The van der Waals surface area contributed by atoms with E-state index in [0.29, 0.717) is 11.8 Å². The van der Waals surface area contributed by atoms with Crippen LogP contribution >= 0.6 is 0 Å². The molecule has 0 bridgehead atoms. The highest BCUT2D eigenvalue weighted by molar-refractivity contribution is 5.07. The van der Waals surface area contributed by atoms with Gasteiger partial charge in [-0.25, -0.2) is 0 Å². The lowest BCUT2D eigenvalue weighted by molar-refractivity contribution is 0.283. The van der Waals surface area contributed by atoms with Crippen LogP contribution in [0.1, 0.15) is 69.0 Å². The lowest BCUT2D eigenvalue weighted by Gasteiger charge is -2.17. The predicted octanol–water partition coefficient (Wildman–Crippen LogP) is 2.46. The Morgan fingerprint density at radius 2 is 1.81 bits per heavy atom. The molecule has 2 fully saturated rings. The Hall–Kier alpha value is -0.900. The maximum absolute atomic E-state index is 6.30. The van der Waals surface area contributed by atoms with E-state index in [9.17, 15) is 0 Å². The van der Waals surface area contributed by atoms with Gasteiger partial charge in [0.1, 0.15) is 0 Å². The third-order valence-electron chi connectivity index (χ3n) is 4.08. The van der Waals surface area contributed by atoms with Crippen molar-refractivity contribution in [1.82, 2.24) is 10.1 Å². The number of nitrogens with zero attached hydrogens (tertiary/aromatic N) is 2. The van der Waals surface area contributed by atoms with Gasteiger partial charge < -0.3 is 10.3 Å². The summed E-state index contributed by atoms with van der Waals surface area (Å²) >= 11 is 0. The first-order valence-corrected chi connectivity index (χ1v) is 6.41. The van der Waals surface area contributed by atoms with E-state index in [1.54, 1.807) is 0 Å². The normalized spacial score (nSPS) is 25.3. The average molecular weight is 221 g/mol. The average Bonchev–Trinajstić information content (AvgIpc) is 2.98. The Morgan fingerprint density at radius 1 is 1.12 bits per heavy atom. The van der Waals surface area contributed by atoms with Gasteiger partial charge in [0.2, 0.25) is 5.89 Å². The fraction of sp³-hybridized carbons (Fsp3) is 0.833. The van der Waals surface area contributed by atoms with Crippen LogP contribution in [0.2, 0.25) is 0 Å². The molecule has 0 radical (unpaired) electrons. The van der Waals surface area contributed by atoms with Crippen molar-refractivity contribution in [1.29, 1.82) is 0 Å². The number of rotatable bonds is 2. The summed E-state index contributed by atoms with van der Waals surface area (Å²) in [5.74, 6) is 2.08. The molecule has 0 aliphatic heterocycles. The molecular weight excluding hydrogens is 202 g/mol. The fourth-order valence-electron chi connectivity index (χ4n) is 3.01. The molecule has 0 atom stereocenters. The number of aromatic nitrogens is 2. The highest BCUT2D eigenvalue weighted by Crippen LogP contribution is 2.37. The summed E-state index contributed by atoms with van der Waals surface area (Å²) in [7, 11) is 0. The minimum absolute atomic E-state index is 0.330. The second-order valence-electron chi connectivity index (χ2n) is 5.30. The molecule has 0 saturated heterocycles. The van der Waals surface area contributed by atoms with E-state index >= 15 is 0 Å². The first kappa shape index (κ1) is 10.3. The van der Waals surface area contributed by atoms with Gasteiger partial charge in [0.15, 0.2) is 5.82 Å². The van der Waals surface area contributed by atoms with Crippen LogP contribution in [0, 0.1) is 0 Å². The van der Waals surface area contributed by atoms with E-state index in [1.807, 2.05) is 0 Å². The summed E-state index contributed by atoms with van der Waals surface area (Å²) in [4.78, 5) is 4.54. The standard InChI is InChI=1S/C12H19N3O/c13-12(7-3-4-8-12)11-14-10(15-16-11)9-5-1-2-6-9/h9H,1-8,13H2. The zero-order chi connectivity index (χ0) is 11.0. The van der Waals surface area contributed by atoms with Crippen LogP contribution < -0.4 is 5.73 Å². The largest absolute Gasteiger partial charge is 0.337 e. The summed E-state index contributed by atoms with van der Waals surface area (Å²) in [5.41, 5.74) is 5.97. The minimum Gasteiger partial charge on any atom is -0.337 e. The van der Waals surface area contributed by atoms with Crippen LogP contribution in [0.25, 0.3) is 0 Å². The van der Waals surface area contributed by atoms with Crippen LogP contribution in [-0.4, -0.2) is 10.1 Å². The van der Waals surface area contributed by atoms with E-state index in [-0.39, 0.29) is 5.54 Å². The van der Waals surface area contributed by atoms with Gasteiger partial charge in [-0.05, 0) is 25.7 Å². The van der Waals surface area contributed by atoms with Gasteiger partial charge in [0.05, 0.1) is 5.54 Å². The predicted molar refractivity (Wildman–Crippen MR) is 59.8 cm³/mol. The smallest absolute Gasteiger partial charge is 0.246 e. The van der Waals surface area contributed by atoms with Gasteiger partial charge >= 0.3 is 0 Å². The summed E-state index contributed by atoms with van der Waals surface area (Å²) in [5, 5.41) is 4.12. The Kier molecular flexibility index (Phi) is 2.46. The molecule has 0 amide bonds. The van der Waals surface area contributed by atoms with Gasteiger partial charge in [-0.15, -0.1) is 0 Å². The van der Waals surface area contributed by atoms with E-state index < -0.39 is 0 Å². The summed E-state index contributed by atoms with van der Waals surface area (Å²) < 4.78 is 5.38. The van der Waals surface area contributed by atoms with Crippen molar-refractivity contribution in [3.63, 3.8) is 0 Å². The molecule has 2 aliphatic rings. The third kappa shape index (κ3) is 1.65. The summed E-state index contributed by atoms with van der Waals surface area (Å²) in [6, 6.07) is 0. The Morgan fingerprint density at radius 3 is 2.50 bits per heavy atom. The van der Waals surface area contributed by atoms with Gasteiger partial charge in [-0.1, -0.05) is 30.8 Å². The lowest BCUT2D eigenvalue weighted by Crippen LogP contribution is -2.33. The maximum Gasteiger partial charge on any atom is 0.246 e. The van der Waals surface area contributed by atoms with E-state index in [2.05, 4.69) is 10.1 Å². The van der Waals surface area contributed by atoms with Crippen LogP contribution in [0.5, 0.6) is 0 Å². The molecule has 2 aliphatic carbocycles. The van der Waals surface area contributed by atoms with Crippen LogP contribution in [0.15, 0.2) is 4.52 Å². The summed E-state index contributed by atoms with van der Waals surface area (Å²) in [6.07, 6.45) is 9.32. The Bertz CT molecular complexity index is 362. The van der Waals surface area contributed by atoms with Crippen molar-refractivity contribution < 1.29 is 4.52 Å². The van der Waals surface area contributed by atoms with Crippen molar-refractivity contribution >= 4 is 0 Å². The number of hydrogen-bond acceptors (Lipinski definition) is 4. The molecule has 1 aromatic rings. The molecule has 16 heavy (non-hydrogen) atoms. The van der Waals surface area contributed by atoms with Crippen molar-refractivity contribution in [2.45, 2.75) is 62.8 Å². The van der Waals surface area contributed by atoms with Crippen molar-refractivity contribution in [2.24, 2.45) is 5.73 Å². The zero-order valence-electron chi connectivity index (χ0n) is 9.61. The summed E-state index contributed by atoms with van der Waals surface area (Å²) in [6.45, 7) is 0. The maximum atomic E-state index is 6.30. The molecule has 2 saturated carbocycles. The molecule has 88 valence electrons. The first-order valence-electron chi connectivity index (χ1n) is 6.41. The first-order chi connectivity index (χ1) is 7.78. The van der Waals surface area contributed by atoms with E-state index in [0.717, 1.165) is 18.7 Å². The second kappa shape index (κ2) is 3.84. The topological polar surface area (TPSA) is 64.9 Å². The van der Waals surface area contributed by atoms with Crippen LogP contribution in [0.4, 0.5) is 0 Å². The Labute approximate surface area is 95.6 Å². The highest BCUT2D eigenvalue weighted by Gasteiger charge is 2.37. The van der Waals surface area contributed by atoms with Gasteiger partial charge in [-0.2, -0.15) is 4.98 Å². The number of hydrogen-bond donors (Lipinski definition) is 1. The van der Waals surface area contributed by atoms with Crippen molar-refractivity contribution in [2.75, 3.05) is 0 Å². The molecule has 0 aromatic carbocycles. The van der Waals surface area contributed by atoms with E-state index in [1.165, 1.54) is 38.5 Å². The third-order valence-corrected chi connectivity index (χ3v) is 4.08. The molecule has 1 heterocycles.